The molecule has 2 amide bonds. The Morgan fingerprint density at radius 2 is 1.79 bits per heavy atom. The number of anilines is 2. The number of hydrogen-bond donors (Lipinski definition) is 0. The molecule has 0 radical (unpaired) electrons. The van der Waals surface area contributed by atoms with E-state index in [1.165, 1.54) is 0 Å². The molecule has 1 atom stereocenters. The van der Waals surface area contributed by atoms with Crippen molar-refractivity contribution in [1.29, 1.82) is 0 Å². The van der Waals surface area contributed by atoms with Gasteiger partial charge in [0, 0.05) is 57.2 Å². The van der Waals surface area contributed by atoms with Gasteiger partial charge in [0.1, 0.15) is 0 Å². The lowest BCUT2D eigenvalue weighted by molar-refractivity contribution is -0.136. The van der Waals surface area contributed by atoms with Gasteiger partial charge in [-0.1, -0.05) is 25.1 Å². The minimum absolute atomic E-state index is 0.0376. The molecule has 0 aliphatic carbocycles. The molecule has 4 rings (SSSR count). The molecule has 0 spiro atoms. The molecule has 2 fully saturated rings. The van der Waals surface area contributed by atoms with Crippen molar-refractivity contribution < 1.29 is 9.59 Å². The van der Waals surface area contributed by atoms with Gasteiger partial charge in [0.15, 0.2) is 0 Å². The molecule has 2 aromatic rings. The molecule has 0 bridgehead atoms. The summed E-state index contributed by atoms with van der Waals surface area (Å²) in [5.41, 5.74) is 2.08. The quantitative estimate of drug-likeness (QED) is 0.809. The van der Waals surface area contributed by atoms with E-state index in [1.807, 2.05) is 29.2 Å². The minimum atomic E-state index is -0.267. The molecule has 28 heavy (non-hydrogen) atoms. The van der Waals surface area contributed by atoms with Gasteiger partial charge in [-0.15, -0.1) is 0 Å². The molecule has 3 heterocycles. The van der Waals surface area contributed by atoms with Crippen molar-refractivity contribution in [3.8, 4) is 0 Å². The number of carbonyl (C=O) groups is 2. The van der Waals surface area contributed by atoms with Crippen molar-refractivity contribution >= 4 is 23.5 Å². The van der Waals surface area contributed by atoms with Gasteiger partial charge in [-0.25, -0.2) is 9.97 Å². The number of nitrogens with zero attached hydrogens (tertiary/aromatic N) is 5. The first-order valence-electron chi connectivity index (χ1n) is 9.86. The van der Waals surface area contributed by atoms with E-state index >= 15 is 0 Å². The van der Waals surface area contributed by atoms with Crippen molar-refractivity contribution in [1.82, 2.24) is 14.9 Å². The number of carbonyl (C=O) groups excluding carboxylic acids is 2. The second kappa shape index (κ2) is 7.96. The summed E-state index contributed by atoms with van der Waals surface area (Å²) in [5, 5.41) is 0. The van der Waals surface area contributed by atoms with Crippen LogP contribution in [0.4, 0.5) is 11.6 Å². The molecule has 1 aromatic heterocycles. The second-order valence-corrected chi connectivity index (χ2v) is 7.25. The first kappa shape index (κ1) is 18.4. The lowest BCUT2D eigenvalue weighted by Gasteiger charge is -2.35. The Balaban J connectivity index is 1.39. The highest BCUT2D eigenvalue weighted by Gasteiger charge is 2.38. The SMILES string of the molecule is CCc1ccccc1N1C[C@H](C(=O)N2CCN(c3ncccn3)CC2)CC1=O. The molecule has 2 aliphatic rings. The normalized spacial score (nSPS) is 20.0. The fourth-order valence-corrected chi connectivity index (χ4v) is 4.02. The van der Waals surface area contributed by atoms with Crippen LogP contribution in [0, 0.1) is 5.92 Å². The van der Waals surface area contributed by atoms with E-state index in [1.54, 1.807) is 23.4 Å². The van der Waals surface area contributed by atoms with E-state index in [4.69, 9.17) is 0 Å². The van der Waals surface area contributed by atoms with Crippen LogP contribution in [0.1, 0.15) is 18.9 Å². The summed E-state index contributed by atoms with van der Waals surface area (Å²) in [4.78, 5) is 39.9. The van der Waals surface area contributed by atoms with E-state index in [-0.39, 0.29) is 17.7 Å². The van der Waals surface area contributed by atoms with Crippen molar-refractivity contribution in [2.45, 2.75) is 19.8 Å². The Labute approximate surface area is 165 Å². The maximum atomic E-state index is 13.0. The molecule has 7 heteroatoms. The number of aryl methyl sites for hydroxylation is 1. The highest BCUT2D eigenvalue weighted by molar-refractivity contribution is 6.00. The standard InChI is InChI=1S/C21H25N5O2/c1-2-16-6-3-4-7-18(16)26-15-17(14-19(26)27)20(28)24-10-12-25(13-11-24)21-22-8-5-9-23-21/h3-9,17H,2,10-15H2,1H3/t17-/m1/s1. The van der Waals surface area contributed by atoms with Crippen molar-refractivity contribution in [2.24, 2.45) is 5.92 Å². The maximum Gasteiger partial charge on any atom is 0.228 e. The Hall–Kier alpha value is -2.96. The van der Waals surface area contributed by atoms with Crippen LogP contribution in [-0.2, 0) is 16.0 Å². The van der Waals surface area contributed by atoms with Gasteiger partial charge in [-0.2, -0.15) is 0 Å². The summed E-state index contributed by atoms with van der Waals surface area (Å²) in [7, 11) is 0. The predicted molar refractivity (Wildman–Crippen MR) is 107 cm³/mol. The van der Waals surface area contributed by atoms with Gasteiger partial charge in [0.25, 0.3) is 0 Å². The van der Waals surface area contributed by atoms with Gasteiger partial charge in [0.2, 0.25) is 17.8 Å². The number of para-hydroxylation sites is 1. The number of hydrogen-bond acceptors (Lipinski definition) is 5. The van der Waals surface area contributed by atoms with Crippen molar-refractivity contribution in [3.63, 3.8) is 0 Å². The van der Waals surface area contributed by atoms with Gasteiger partial charge in [-0.05, 0) is 24.1 Å². The Morgan fingerprint density at radius 3 is 2.50 bits per heavy atom. The summed E-state index contributed by atoms with van der Waals surface area (Å²) < 4.78 is 0. The largest absolute Gasteiger partial charge is 0.339 e. The lowest BCUT2D eigenvalue weighted by Crippen LogP contribution is -2.51. The van der Waals surface area contributed by atoms with Crippen LogP contribution in [0.3, 0.4) is 0 Å². The molecule has 146 valence electrons. The number of benzene rings is 1. The van der Waals surface area contributed by atoms with E-state index in [2.05, 4.69) is 21.8 Å². The zero-order valence-electron chi connectivity index (χ0n) is 16.1. The van der Waals surface area contributed by atoms with E-state index in [9.17, 15) is 9.59 Å². The van der Waals surface area contributed by atoms with Gasteiger partial charge < -0.3 is 14.7 Å². The Kier molecular flexibility index (Phi) is 5.23. The predicted octanol–water partition coefficient (Wildman–Crippen LogP) is 1.74. The van der Waals surface area contributed by atoms with E-state index in [0.29, 0.717) is 45.1 Å². The Bertz CT molecular complexity index is 849. The summed E-state index contributed by atoms with van der Waals surface area (Å²) in [5.74, 6) is 0.555. The molecule has 0 unspecified atom stereocenters. The third-order valence-electron chi connectivity index (χ3n) is 5.56. The van der Waals surface area contributed by atoms with Crippen LogP contribution in [0.2, 0.25) is 0 Å². The van der Waals surface area contributed by atoms with Gasteiger partial charge >= 0.3 is 0 Å². The smallest absolute Gasteiger partial charge is 0.228 e. The summed E-state index contributed by atoms with van der Waals surface area (Å²) in [6.07, 6.45) is 4.61. The Morgan fingerprint density at radius 1 is 1.07 bits per heavy atom. The zero-order chi connectivity index (χ0) is 19.5. The van der Waals surface area contributed by atoms with Crippen LogP contribution in [0.15, 0.2) is 42.7 Å². The zero-order valence-corrected chi connectivity index (χ0v) is 16.1. The van der Waals surface area contributed by atoms with Crippen LogP contribution < -0.4 is 9.80 Å². The number of rotatable bonds is 4. The summed E-state index contributed by atoms with van der Waals surface area (Å²) in [6, 6.07) is 9.75. The van der Waals surface area contributed by atoms with Gasteiger partial charge in [-0.3, -0.25) is 9.59 Å². The van der Waals surface area contributed by atoms with Gasteiger partial charge in [0.05, 0.1) is 5.92 Å². The molecular weight excluding hydrogens is 354 g/mol. The van der Waals surface area contributed by atoms with Crippen LogP contribution in [-0.4, -0.2) is 59.4 Å². The fourth-order valence-electron chi connectivity index (χ4n) is 4.02. The molecular formula is C21H25N5O2. The van der Waals surface area contributed by atoms with Crippen molar-refractivity contribution in [3.05, 3.63) is 48.3 Å². The highest BCUT2D eigenvalue weighted by Crippen LogP contribution is 2.29. The molecule has 0 N–H and O–H groups in total. The molecule has 0 saturated carbocycles. The molecule has 2 saturated heterocycles. The molecule has 1 aromatic carbocycles. The maximum absolute atomic E-state index is 13.0. The number of amides is 2. The average Bonchev–Trinajstić information content (AvgIpc) is 3.15. The van der Waals surface area contributed by atoms with Crippen LogP contribution in [0.25, 0.3) is 0 Å². The van der Waals surface area contributed by atoms with Crippen LogP contribution in [0.5, 0.6) is 0 Å². The second-order valence-electron chi connectivity index (χ2n) is 7.25. The van der Waals surface area contributed by atoms with E-state index < -0.39 is 0 Å². The summed E-state index contributed by atoms with van der Waals surface area (Å²) in [6.45, 7) is 5.23. The number of piperazine rings is 1. The fraction of sp³-hybridized carbons (Fsp3) is 0.429. The third-order valence-corrected chi connectivity index (χ3v) is 5.56. The minimum Gasteiger partial charge on any atom is -0.339 e. The topological polar surface area (TPSA) is 69.6 Å². The number of aromatic nitrogens is 2. The lowest BCUT2D eigenvalue weighted by atomic mass is 10.1. The third kappa shape index (κ3) is 3.56. The van der Waals surface area contributed by atoms with E-state index in [0.717, 1.165) is 17.7 Å². The average molecular weight is 379 g/mol. The summed E-state index contributed by atoms with van der Waals surface area (Å²) >= 11 is 0. The first-order valence-corrected chi connectivity index (χ1v) is 9.86. The molecule has 7 nitrogen and oxygen atoms in total. The molecule has 2 aliphatic heterocycles. The van der Waals surface area contributed by atoms with Crippen LogP contribution >= 0.6 is 0 Å². The highest BCUT2D eigenvalue weighted by atomic mass is 16.2. The monoisotopic (exact) mass is 379 g/mol. The van der Waals surface area contributed by atoms with Crippen molar-refractivity contribution in [2.75, 3.05) is 42.5 Å². The first-order chi connectivity index (χ1) is 13.7.